The van der Waals surface area contributed by atoms with Gasteiger partial charge in [-0.2, -0.15) is 0 Å². The molecule has 6 heteroatoms. The average Bonchev–Trinajstić information content (AvgIpc) is 2.91. The second-order valence-electron chi connectivity index (χ2n) is 12.7. The van der Waals surface area contributed by atoms with Crippen LogP contribution in [0.3, 0.4) is 0 Å². The van der Waals surface area contributed by atoms with Gasteiger partial charge in [-0.15, -0.1) is 24.0 Å². The van der Waals surface area contributed by atoms with E-state index in [1.807, 2.05) is 27.7 Å². The molecular weight excluding hydrogens is 615 g/mol. The molecule has 0 bridgehead atoms. The molecule has 2 unspecified atom stereocenters. The lowest BCUT2D eigenvalue weighted by Gasteiger charge is -2.38. The van der Waals surface area contributed by atoms with Crippen LogP contribution in [0.1, 0.15) is 110 Å². The molecule has 0 aliphatic carbocycles. The van der Waals surface area contributed by atoms with Gasteiger partial charge in [0.2, 0.25) is 0 Å². The lowest BCUT2D eigenvalue weighted by molar-refractivity contribution is 0.0446. The quantitative estimate of drug-likeness (QED) is 0.196. The minimum absolute atomic E-state index is 0. The Hall–Kier alpha value is -1.67. The fourth-order valence-electron chi connectivity index (χ4n) is 6.45. The van der Waals surface area contributed by atoms with Crippen molar-refractivity contribution in [2.24, 2.45) is 0 Å². The van der Waals surface area contributed by atoms with Crippen molar-refractivity contribution in [3.05, 3.63) is 44.5 Å². The van der Waals surface area contributed by atoms with E-state index in [2.05, 4.69) is 27.7 Å². The molecule has 2 aromatic carbocycles. The number of rotatable bonds is 10. The van der Waals surface area contributed by atoms with E-state index in [1.165, 1.54) is 11.1 Å². The van der Waals surface area contributed by atoms with Crippen molar-refractivity contribution in [1.29, 1.82) is 0 Å². The molecule has 0 radical (unpaired) electrons. The zero-order chi connectivity index (χ0) is 28.5. The highest BCUT2D eigenvalue weighted by Crippen LogP contribution is 2.45. The van der Waals surface area contributed by atoms with E-state index >= 15 is 0 Å². The smallest absolute Gasteiger partial charge is 0.127 e. The van der Waals surface area contributed by atoms with Crippen LogP contribution < -0.4 is 9.47 Å². The summed E-state index contributed by atoms with van der Waals surface area (Å²) in [6.07, 6.45) is 10.2. The Morgan fingerprint density at radius 1 is 0.600 bits per heavy atom. The van der Waals surface area contributed by atoms with E-state index in [1.54, 1.807) is 0 Å². The third-order valence-electron chi connectivity index (χ3n) is 9.67. The van der Waals surface area contributed by atoms with E-state index in [9.17, 15) is 10.2 Å². The van der Waals surface area contributed by atoms with Crippen LogP contribution in [0.25, 0.3) is 0 Å². The number of phenols is 2. The van der Waals surface area contributed by atoms with Crippen molar-refractivity contribution in [2.45, 2.75) is 131 Å². The van der Waals surface area contributed by atoms with Crippen molar-refractivity contribution in [3.63, 3.8) is 0 Å². The predicted octanol–water partition coefficient (Wildman–Crippen LogP) is 8.79. The van der Waals surface area contributed by atoms with Gasteiger partial charge in [-0.3, -0.25) is 0 Å². The second kappa shape index (κ2) is 13.1. The maximum atomic E-state index is 10.4. The number of fused-ring (bicyclic) bond motifs is 2. The molecule has 40 heavy (non-hydrogen) atoms. The Kier molecular flexibility index (Phi) is 10.8. The number of phenolic OH excluding ortho intramolecular Hbond substituents is 2. The van der Waals surface area contributed by atoms with Crippen LogP contribution in [0, 0.1) is 41.5 Å². The molecule has 0 saturated heterocycles. The zero-order valence-corrected chi connectivity index (χ0v) is 28.3. The van der Waals surface area contributed by atoms with E-state index in [0.29, 0.717) is 11.5 Å². The molecule has 2 N–H and O–H groups in total. The topological polar surface area (TPSA) is 68.2 Å². The summed E-state index contributed by atoms with van der Waals surface area (Å²) in [6.45, 7) is 18.1. The summed E-state index contributed by atoms with van der Waals surface area (Å²) in [5, 5.41) is 20.8. The number of benzene rings is 2. The van der Waals surface area contributed by atoms with E-state index in [4.69, 9.17) is 14.2 Å². The molecule has 2 aromatic rings. The van der Waals surface area contributed by atoms with Crippen molar-refractivity contribution >= 4 is 24.0 Å². The van der Waals surface area contributed by atoms with Gasteiger partial charge in [0.05, 0.1) is 0 Å². The van der Waals surface area contributed by atoms with E-state index in [-0.39, 0.29) is 35.2 Å². The van der Waals surface area contributed by atoms with Gasteiger partial charge in [-0.1, -0.05) is 0 Å². The van der Waals surface area contributed by atoms with Gasteiger partial charge in [-0.25, -0.2) is 0 Å². The summed E-state index contributed by atoms with van der Waals surface area (Å²) >= 11 is 0. The Morgan fingerprint density at radius 2 is 0.975 bits per heavy atom. The third kappa shape index (κ3) is 6.69. The molecular formula is C34H51IO5. The largest absolute Gasteiger partial charge is 0.507 e. The molecule has 0 saturated carbocycles. The minimum Gasteiger partial charge on any atom is -0.507 e. The Morgan fingerprint density at radius 3 is 1.35 bits per heavy atom. The van der Waals surface area contributed by atoms with Crippen LogP contribution in [-0.4, -0.2) is 34.6 Å². The zero-order valence-electron chi connectivity index (χ0n) is 26.0. The Balaban J connectivity index is 0.00000441. The number of ether oxygens (including phenoxy) is 3. The SMILES string of the molecule is Cc1c(C)c2c(c(C)c1O)CCC(C)(CCCCOCCCCC1(C)CCc3c(C)c(O)c(C)c(C)c3O1)O2.I. The fourth-order valence-corrected chi connectivity index (χ4v) is 6.45. The number of aromatic hydroxyl groups is 2. The van der Waals surface area contributed by atoms with Crippen LogP contribution in [0.4, 0.5) is 0 Å². The van der Waals surface area contributed by atoms with Gasteiger partial charge in [0.15, 0.2) is 0 Å². The first-order valence-electron chi connectivity index (χ1n) is 15.0. The van der Waals surface area contributed by atoms with Gasteiger partial charge in [0, 0.05) is 24.3 Å². The standard InChI is InChI=1S/C34H50O5.HI/c1-21-23(3)31-27(25(5)29(21)35)13-17-33(7,38-31)15-9-11-19-37-20-12-10-16-34(8)18-14-28-26(6)30(36)22(2)24(4)32(28)39-34;/h35-36H,9-20H2,1-8H3;1H. The molecule has 0 fully saturated rings. The average molecular weight is 667 g/mol. The highest BCUT2D eigenvalue weighted by atomic mass is 127. The lowest BCUT2D eigenvalue weighted by Crippen LogP contribution is -2.37. The highest BCUT2D eigenvalue weighted by molar-refractivity contribution is 14.0. The maximum absolute atomic E-state index is 10.4. The number of halogens is 1. The van der Waals surface area contributed by atoms with Gasteiger partial charge < -0.3 is 24.4 Å². The summed E-state index contributed by atoms with van der Waals surface area (Å²) in [6, 6.07) is 0. The van der Waals surface area contributed by atoms with E-state index in [0.717, 1.165) is 122 Å². The van der Waals surface area contributed by atoms with Crippen molar-refractivity contribution in [3.8, 4) is 23.0 Å². The number of unbranched alkanes of at least 4 members (excludes halogenated alkanes) is 2. The summed E-state index contributed by atoms with van der Waals surface area (Å²) in [5.41, 5.74) is 7.97. The molecule has 2 aliphatic rings. The molecule has 0 amide bonds. The van der Waals surface area contributed by atoms with Crippen LogP contribution >= 0.6 is 24.0 Å². The van der Waals surface area contributed by atoms with Crippen LogP contribution in [-0.2, 0) is 17.6 Å². The van der Waals surface area contributed by atoms with Crippen molar-refractivity contribution in [2.75, 3.05) is 13.2 Å². The highest BCUT2D eigenvalue weighted by Gasteiger charge is 2.35. The van der Waals surface area contributed by atoms with Crippen molar-refractivity contribution < 1.29 is 24.4 Å². The van der Waals surface area contributed by atoms with E-state index < -0.39 is 0 Å². The Labute approximate surface area is 259 Å². The molecule has 2 atom stereocenters. The molecule has 5 nitrogen and oxygen atoms in total. The molecule has 0 aromatic heterocycles. The van der Waals surface area contributed by atoms with Crippen LogP contribution in [0.2, 0.25) is 0 Å². The Bertz CT molecular complexity index is 1130. The normalized spacial score (nSPS) is 21.6. The summed E-state index contributed by atoms with van der Waals surface area (Å²) in [7, 11) is 0. The molecule has 0 spiro atoms. The molecule has 2 aliphatic heterocycles. The monoisotopic (exact) mass is 666 g/mol. The first kappa shape index (κ1) is 32.8. The molecule has 2 heterocycles. The molecule has 224 valence electrons. The number of hydrogen-bond donors (Lipinski definition) is 2. The van der Waals surface area contributed by atoms with Gasteiger partial charge in [0.1, 0.15) is 34.2 Å². The maximum Gasteiger partial charge on any atom is 0.127 e. The first-order chi connectivity index (χ1) is 18.4. The third-order valence-corrected chi connectivity index (χ3v) is 9.67. The summed E-state index contributed by atoms with van der Waals surface area (Å²) < 4.78 is 19.1. The van der Waals surface area contributed by atoms with Gasteiger partial charge >= 0.3 is 0 Å². The number of hydrogen-bond acceptors (Lipinski definition) is 5. The predicted molar refractivity (Wildman–Crippen MR) is 173 cm³/mol. The first-order valence-corrected chi connectivity index (χ1v) is 15.0. The summed E-state index contributed by atoms with van der Waals surface area (Å²) in [5.74, 6) is 2.82. The lowest BCUT2D eigenvalue weighted by atomic mass is 9.85. The van der Waals surface area contributed by atoms with Crippen LogP contribution in [0.5, 0.6) is 23.0 Å². The minimum atomic E-state index is -0.157. The summed E-state index contributed by atoms with van der Waals surface area (Å²) in [4.78, 5) is 0. The van der Waals surface area contributed by atoms with Gasteiger partial charge in [0.25, 0.3) is 0 Å². The van der Waals surface area contributed by atoms with Gasteiger partial charge in [-0.05, 0) is 153 Å². The fraction of sp³-hybridized carbons (Fsp3) is 0.647. The van der Waals surface area contributed by atoms with Crippen LogP contribution in [0.15, 0.2) is 0 Å². The van der Waals surface area contributed by atoms with Crippen molar-refractivity contribution in [1.82, 2.24) is 0 Å². The molecule has 4 rings (SSSR count). The second-order valence-corrected chi connectivity index (χ2v) is 12.7.